The Morgan fingerprint density at radius 2 is 1.67 bits per heavy atom. The lowest BCUT2D eigenvalue weighted by Gasteiger charge is -2.16. The summed E-state index contributed by atoms with van der Waals surface area (Å²) in [6.45, 7) is 4.20. The van der Waals surface area contributed by atoms with Gasteiger partial charge in [-0.3, -0.25) is 14.3 Å². The molecule has 8 heteroatoms. The number of amides is 2. The Hall–Kier alpha value is -3.65. The Morgan fingerprint density at radius 1 is 0.939 bits per heavy atom. The Kier molecular flexibility index (Phi) is 6.20. The molecule has 3 aromatic rings. The number of sulfonamides is 1. The maximum atomic E-state index is 13.0. The third-order valence-electron chi connectivity index (χ3n) is 5.64. The number of carbonyl (C=O) groups excluding carboxylic acids is 2. The molecule has 0 bridgehead atoms. The van der Waals surface area contributed by atoms with E-state index in [0.29, 0.717) is 29.9 Å². The number of rotatable bonds is 6. The maximum Gasteiger partial charge on any atom is 0.262 e. The number of carbonyl (C=O) groups is 2. The molecule has 170 valence electrons. The highest BCUT2D eigenvalue weighted by Crippen LogP contribution is 2.25. The molecule has 1 aliphatic heterocycles. The van der Waals surface area contributed by atoms with Gasteiger partial charge in [-0.2, -0.15) is 0 Å². The minimum atomic E-state index is -3.88. The number of benzene rings is 3. The topological polar surface area (TPSA) is 95.6 Å². The standard InChI is InChI=1S/C25H25N3O4S/c1-17-6-3-4-7-22(17)27-33(31,32)23-16-19(10-9-18(23)2)25(30)26-20-11-13-21(14-12-20)28-15-5-8-24(28)29/h3-4,6-7,9-14,16,27H,5,8,15H2,1-2H3,(H,26,30). The van der Waals surface area contributed by atoms with Crippen LogP contribution in [0, 0.1) is 13.8 Å². The average Bonchev–Trinajstić information content (AvgIpc) is 3.21. The predicted octanol–water partition coefficient (Wildman–Crippen LogP) is 4.48. The summed E-state index contributed by atoms with van der Waals surface area (Å²) >= 11 is 0. The van der Waals surface area contributed by atoms with Gasteiger partial charge in [0.05, 0.1) is 10.6 Å². The fraction of sp³-hybridized carbons (Fsp3) is 0.200. The fourth-order valence-electron chi connectivity index (χ4n) is 3.77. The SMILES string of the molecule is Cc1ccccc1NS(=O)(=O)c1cc(C(=O)Nc2ccc(N3CCCC3=O)cc2)ccc1C. The Bertz CT molecular complexity index is 1320. The van der Waals surface area contributed by atoms with Gasteiger partial charge in [0.25, 0.3) is 15.9 Å². The number of anilines is 3. The van der Waals surface area contributed by atoms with Crippen molar-refractivity contribution in [3.8, 4) is 0 Å². The Balaban J connectivity index is 1.53. The van der Waals surface area contributed by atoms with Gasteiger partial charge >= 0.3 is 0 Å². The summed E-state index contributed by atoms with van der Waals surface area (Å²) in [5, 5.41) is 2.79. The minimum Gasteiger partial charge on any atom is -0.322 e. The molecular weight excluding hydrogens is 438 g/mol. The van der Waals surface area contributed by atoms with Crippen LogP contribution >= 0.6 is 0 Å². The zero-order valence-electron chi connectivity index (χ0n) is 18.5. The van der Waals surface area contributed by atoms with Crippen LogP contribution in [0.25, 0.3) is 0 Å². The van der Waals surface area contributed by atoms with Gasteiger partial charge in [-0.1, -0.05) is 24.3 Å². The summed E-state index contributed by atoms with van der Waals surface area (Å²) in [6.07, 6.45) is 1.39. The number of nitrogens with zero attached hydrogens (tertiary/aromatic N) is 1. The van der Waals surface area contributed by atoms with Gasteiger partial charge in [0.1, 0.15) is 0 Å². The first kappa shape index (κ1) is 22.5. The smallest absolute Gasteiger partial charge is 0.262 e. The molecule has 0 atom stereocenters. The molecule has 0 unspecified atom stereocenters. The monoisotopic (exact) mass is 463 g/mol. The van der Waals surface area contributed by atoms with Crippen LogP contribution in [0.15, 0.2) is 71.6 Å². The number of aryl methyl sites for hydroxylation is 2. The van der Waals surface area contributed by atoms with Gasteiger partial charge in [-0.15, -0.1) is 0 Å². The quantitative estimate of drug-likeness (QED) is 0.563. The molecule has 0 saturated carbocycles. The van der Waals surface area contributed by atoms with E-state index in [1.54, 1.807) is 60.4 Å². The highest BCUT2D eigenvalue weighted by molar-refractivity contribution is 7.92. The van der Waals surface area contributed by atoms with Crippen LogP contribution in [-0.2, 0) is 14.8 Å². The molecule has 0 spiro atoms. The summed E-state index contributed by atoms with van der Waals surface area (Å²) in [4.78, 5) is 26.5. The predicted molar refractivity (Wildman–Crippen MR) is 129 cm³/mol. The van der Waals surface area contributed by atoms with Gasteiger partial charge < -0.3 is 10.2 Å². The highest BCUT2D eigenvalue weighted by Gasteiger charge is 2.22. The summed E-state index contributed by atoms with van der Waals surface area (Å²) < 4.78 is 28.6. The fourth-order valence-corrected chi connectivity index (χ4v) is 5.17. The third-order valence-corrected chi connectivity index (χ3v) is 7.15. The van der Waals surface area contributed by atoms with Crippen molar-refractivity contribution >= 4 is 38.9 Å². The minimum absolute atomic E-state index is 0.0429. The van der Waals surface area contributed by atoms with Crippen LogP contribution in [0.4, 0.5) is 17.1 Å². The molecule has 0 aliphatic carbocycles. The largest absolute Gasteiger partial charge is 0.322 e. The van der Waals surface area contributed by atoms with Crippen LogP contribution in [0.1, 0.15) is 34.3 Å². The zero-order chi connectivity index (χ0) is 23.6. The second-order valence-electron chi connectivity index (χ2n) is 8.05. The van der Waals surface area contributed by atoms with Crippen molar-refractivity contribution in [3.05, 3.63) is 83.4 Å². The van der Waals surface area contributed by atoms with Crippen molar-refractivity contribution < 1.29 is 18.0 Å². The Labute approximate surface area is 193 Å². The van der Waals surface area contributed by atoms with Crippen LogP contribution < -0.4 is 14.9 Å². The number of hydrogen-bond acceptors (Lipinski definition) is 4. The molecule has 33 heavy (non-hydrogen) atoms. The first-order chi connectivity index (χ1) is 15.7. The van der Waals surface area contributed by atoms with E-state index >= 15 is 0 Å². The zero-order valence-corrected chi connectivity index (χ0v) is 19.3. The number of nitrogens with one attached hydrogen (secondary N) is 2. The first-order valence-corrected chi connectivity index (χ1v) is 12.1. The molecule has 3 aromatic carbocycles. The van der Waals surface area contributed by atoms with Crippen LogP contribution in [0.2, 0.25) is 0 Å². The van der Waals surface area contributed by atoms with Gasteiger partial charge in [0.2, 0.25) is 5.91 Å². The first-order valence-electron chi connectivity index (χ1n) is 10.7. The van der Waals surface area contributed by atoms with Crippen LogP contribution in [-0.4, -0.2) is 26.8 Å². The molecule has 2 N–H and O–H groups in total. The van der Waals surface area contributed by atoms with E-state index < -0.39 is 15.9 Å². The van der Waals surface area contributed by atoms with Crippen molar-refractivity contribution in [1.29, 1.82) is 0 Å². The number of hydrogen-bond donors (Lipinski definition) is 2. The molecule has 0 aromatic heterocycles. The normalized spacial score (nSPS) is 13.8. The van der Waals surface area contributed by atoms with Crippen molar-refractivity contribution in [1.82, 2.24) is 0 Å². The van der Waals surface area contributed by atoms with E-state index in [0.717, 1.165) is 17.7 Å². The second kappa shape index (κ2) is 9.07. The van der Waals surface area contributed by atoms with Gasteiger partial charge in [0, 0.05) is 29.9 Å². The van der Waals surface area contributed by atoms with Crippen LogP contribution in [0.5, 0.6) is 0 Å². The van der Waals surface area contributed by atoms with Crippen molar-refractivity contribution in [2.45, 2.75) is 31.6 Å². The molecular formula is C25H25N3O4S. The molecule has 4 rings (SSSR count). The molecule has 7 nitrogen and oxygen atoms in total. The lowest BCUT2D eigenvalue weighted by atomic mass is 10.1. The summed E-state index contributed by atoms with van der Waals surface area (Å²) in [7, 11) is -3.88. The second-order valence-corrected chi connectivity index (χ2v) is 9.70. The van der Waals surface area contributed by atoms with Crippen molar-refractivity contribution in [3.63, 3.8) is 0 Å². The third kappa shape index (κ3) is 4.90. The van der Waals surface area contributed by atoms with Crippen LogP contribution in [0.3, 0.4) is 0 Å². The lowest BCUT2D eigenvalue weighted by Crippen LogP contribution is -2.23. The highest BCUT2D eigenvalue weighted by atomic mass is 32.2. The van der Waals surface area contributed by atoms with Crippen molar-refractivity contribution in [2.24, 2.45) is 0 Å². The van der Waals surface area contributed by atoms with E-state index in [1.807, 2.05) is 19.1 Å². The molecule has 1 aliphatic rings. The summed E-state index contributed by atoms with van der Waals surface area (Å²) in [6, 6.07) is 18.7. The van der Waals surface area contributed by atoms with Gasteiger partial charge in [-0.25, -0.2) is 8.42 Å². The molecule has 1 heterocycles. The van der Waals surface area contributed by atoms with E-state index in [1.165, 1.54) is 6.07 Å². The Morgan fingerprint density at radius 3 is 2.33 bits per heavy atom. The molecule has 1 saturated heterocycles. The molecule has 0 radical (unpaired) electrons. The van der Waals surface area contributed by atoms with E-state index in [-0.39, 0.29) is 16.4 Å². The van der Waals surface area contributed by atoms with E-state index in [4.69, 9.17) is 0 Å². The van der Waals surface area contributed by atoms with E-state index in [9.17, 15) is 18.0 Å². The lowest BCUT2D eigenvalue weighted by molar-refractivity contribution is -0.117. The number of para-hydroxylation sites is 1. The summed E-state index contributed by atoms with van der Waals surface area (Å²) in [5.41, 5.74) is 3.40. The maximum absolute atomic E-state index is 13.0. The van der Waals surface area contributed by atoms with Gasteiger partial charge in [-0.05, 0) is 73.9 Å². The summed E-state index contributed by atoms with van der Waals surface area (Å²) in [5.74, 6) is -0.327. The molecule has 2 amide bonds. The molecule has 1 fully saturated rings. The average molecular weight is 464 g/mol. The van der Waals surface area contributed by atoms with Gasteiger partial charge in [0.15, 0.2) is 0 Å². The van der Waals surface area contributed by atoms with E-state index in [2.05, 4.69) is 10.0 Å². The van der Waals surface area contributed by atoms with Crippen molar-refractivity contribution in [2.75, 3.05) is 21.5 Å².